The van der Waals surface area contributed by atoms with E-state index >= 15 is 0 Å². The van der Waals surface area contributed by atoms with Crippen LogP contribution in [0.5, 0.6) is 5.75 Å². The van der Waals surface area contributed by atoms with E-state index in [1.807, 2.05) is 0 Å². The van der Waals surface area contributed by atoms with Crippen LogP contribution in [0.25, 0.3) is 16.6 Å². The number of aromatic nitrogens is 3. The second-order valence-corrected chi connectivity index (χ2v) is 6.37. The highest BCUT2D eigenvalue weighted by Crippen LogP contribution is 2.38. The number of methoxy groups -OCH3 is 1. The van der Waals surface area contributed by atoms with E-state index in [2.05, 4.69) is 15.5 Å². The first-order valence-electron chi connectivity index (χ1n) is 8.78. The molecule has 0 fully saturated rings. The molecule has 0 aliphatic heterocycles. The van der Waals surface area contributed by atoms with Crippen LogP contribution < -0.4 is 15.7 Å². The first kappa shape index (κ1) is 19.5. The van der Waals surface area contributed by atoms with E-state index in [0.29, 0.717) is 11.3 Å². The molecule has 0 spiro atoms. The van der Waals surface area contributed by atoms with Gasteiger partial charge in [0.15, 0.2) is 0 Å². The Labute approximate surface area is 167 Å². The summed E-state index contributed by atoms with van der Waals surface area (Å²) in [6.07, 6.45) is -1.75. The molecule has 0 unspecified atom stereocenters. The second kappa shape index (κ2) is 7.54. The van der Waals surface area contributed by atoms with E-state index in [1.165, 1.54) is 19.6 Å². The first-order valence-corrected chi connectivity index (χ1v) is 8.78. The molecule has 2 aromatic carbocycles. The molecule has 0 aliphatic carbocycles. The highest BCUT2D eigenvalue weighted by atomic mass is 19.4. The molecule has 0 amide bonds. The number of hydrogen-bond acceptors (Lipinski definition) is 6. The highest BCUT2D eigenvalue weighted by molar-refractivity contribution is 5.96. The van der Waals surface area contributed by atoms with Gasteiger partial charge < -0.3 is 14.6 Å². The summed E-state index contributed by atoms with van der Waals surface area (Å²) in [4.78, 5) is 16.9. The Morgan fingerprint density at radius 1 is 1.20 bits per heavy atom. The molecule has 0 saturated carbocycles. The number of nitrogens with one attached hydrogen (secondary N) is 1. The minimum Gasteiger partial charge on any atom is -0.496 e. The second-order valence-electron chi connectivity index (χ2n) is 6.37. The van der Waals surface area contributed by atoms with Gasteiger partial charge in [0.05, 0.1) is 35.5 Å². The van der Waals surface area contributed by atoms with Crippen molar-refractivity contribution in [3.63, 3.8) is 0 Å². The summed E-state index contributed by atoms with van der Waals surface area (Å²) < 4.78 is 51.7. The molecule has 0 radical (unpaired) electrons. The zero-order valence-corrected chi connectivity index (χ0v) is 15.6. The van der Waals surface area contributed by atoms with E-state index in [0.717, 1.165) is 16.7 Å². The molecule has 2 heterocycles. The predicted molar refractivity (Wildman–Crippen MR) is 103 cm³/mol. The standard InChI is InChI=1S/C20H15F3N4O3/c1-29-16-8-13(20(21,22)23)7-15-17(16)18(24-9-12-10-25-30-11-12)26-19(28)27(15)14-5-3-2-4-6-14/h2-8,10-11H,9H2,1H3,(H,24,26,28). The first-order chi connectivity index (χ1) is 14.4. The van der Waals surface area contributed by atoms with Crippen molar-refractivity contribution in [2.45, 2.75) is 12.7 Å². The van der Waals surface area contributed by atoms with E-state index in [4.69, 9.17) is 9.26 Å². The quantitative estimate of drug-likeness (QED) is 0.529. The van der Waals surface area contributed by atoms with Crippen LogP contribution in [0.4, 0.5) is 19.0 Å². The molecule has 0 bridgehead atoms. The number of anilines is 1. The van der Waals surface area contributed by atoms with E-state index in [9.17, 15) is 18.0 Å². The molecule has 0 atom stereocenters. The predicted octanol–water partition coefficient (Wildman–Crippen LogP) is 4.01. The summed E-state index contributed by atoms with van der Waals surface area (Å²) in [5, 5.41) is 6.79. The van der Waals surface area contributed by atoms with Crippen LogP contribution in [0, 0.1) is 0 Å². The van der Waals surface area contributed by atoms with Crippen molar-refractivity contribution in [2.75, 3.05) is 12.4 Å². The third-order valence-electron chi connectivity index (χ3n) is 4.46. The lowest BCUT2D eigenvalue weighted by molar-refractivity contribution is -0.137. The molecular weight excluding hydrogens is 401 g/mol. The third-order valence-corrected chi connectivity index (χ3v) is 4.46. The molecule has 4 rings (SSSR count). The maximum absolute atomic E-state index is 13.5. The average molecular weight is 416 g/mol. The fourth-order valence-electron chi connectivity index (χ4n) is 3.10. The average Bonchev–Trinajstić information content (AvgIpc) is 3.24. The lowest BCUT2D eigenvalue weighted by atomic mass is 10.1. The summed E-state index contributed by atoms with van der Waals surface area (Å²) >= 11 is 0. The maximum atomic E-state index is 13.5. The van der Waals surface area contributed by atoms with Gasteiger partial charge in [-0.3, -0.25) is 4.57 Å². The third kappa shape index (κ3) is 3.59. The van der Waals surface area contributed by atoms with Crippen molar-refractivity contribution < 1.29 is 22.4 Å². The number of fused-ring (bicyclic) bond motifs is 1. The van der Waals surface area contributed by atoms with Gasteiger partial charge in [-0.05, 0) is 24.3 Å². The zero-order valence-electron chi connectivity index (χ0n) is 15.6. The molecule has 1 N–H and O–H groups in total. The molecule has 7 nitrogen and oxygen atoms in total. The Hall–Kier alpha value is -3.82. The number of alkyl halides is 3. The number of halogens is 3. The molecular formula is C20H15F3N4O3. The van der Waals surface area contributed by atoms with Crippen molar-refractivity contribution in [1.82, 2.24) is 14.7 Å². The van der Waals surface area contributed by atoms with Crippen LogP contribution in [0.3, 0.4) is 0 Å². The highest BCUT2D eigenvalue weighted by Gasteiger charge is 2.33. The smallest absolute Gasteiger partial charge is 0.416 e. The molecule has 4 aromatic rings. The van der Waals surface area contributed by atoms with Crippen LogP contribution in [-0.4, -0.2) is 21.8 Å². The van der Waals surface area contributed by atoms with Crippen molar-refractivity contribution in [2.24, 2.45) is 0 Å². The SMILES string of the molecule is COc1cc(C(F)(F)F)cc2c1c(NCc1cnoc1)nc(=O)n2-c1ccccc1. The summed E-state index contributed by atoms with van der Waals surface area (Å²) in [5.74, 6) is 0.0266. The molecule has 30 heavy (non-hydrogen) atoms. The van der Waals surface area contributed by atoms with Crippen molar-refractivity contribution in [3.05, 3.63) is 76.5 Å². The minimum absolute atomic E-state index is 0.0145. The number of benzene rings is 2. The minimum atomic E-state index is -4.63. The Kier molecular flexibility index (Phi) is 4.90. The summed E-state index contributed by atoms with van der Waals surface area (Å²) in [5.41, 5.74) is -0.606. The van der Waals surface area contributed by atoms with Crippen molar-refractivity contribution in [1.29, 1.82) is 0 Å². The Morgan fingerprint density at radius 2 is 1.97 bits per heavy atom. The molecule has 2 aromatic heterocycles. The monoisotopic (exact) mass is 416 g/mol. The Morgan fingerprint density at radius 3 is 2.60 bits per heavy atom. The van der Waals surface area contributed by atoms with Crippen LogP contribution >= 0.6 is 0 Å². The van der Waals surface area contributed by atoms with E-state index < -0.39 is 17.4 Å². The van der Waals surface area contributed by atoms with Gasteiger partial charge in [-0.1, -0.05) is 23.4 Å². The Bertz CT molecular complexity index is 1240. The zero-order chi connectivity index (χ0) is 21.3. The van der Waals surface area contributed by atoms with Crippen LogP contribution in [0.2, 0.25) is 0 Å². The topological polar surface area (TPSA) is 82.2 Å². The van der Waals surface area contributed by atoms with Gasteiger partial charge in [-0.25, -0.2) is 4.79 Å². The lowest BCUT2D eigenvalue weighted by Crippen LogP contribution is -2.24. The van der Waals surface area contributed by atoms with Gasteiger partial charge in [0, 0.05) is 12.1 Å². The van der Waals surface area contributed by atoms with E-state index in [1.54, 1.807) is 30.3 Å². The molecule has 0 aliphatic rings. The van der Waals surface area contributed by atoms with Gasteiger partial charge in [0.1, 0.15) is 17.8 Å². The largest absolute Gasteiger partial charge is 0.496 e. The summed E-state index contributed by atoms with van der Waals surface area (Å²) in [6, 6.07) is 10.1. The fourth-order valence-corrected chi connectivity index (χ4v) is 3.10. The van der Waals surface area contributed by atoms with Crippen LogP contribution in [0.1, 0.15) is 11.1 Å². The molecule has 154 valence electrons. The van der Waals surface area contributed by atoms with Crippen molar-refractivity contribution >= 4 is 16.7 Å². The summed E-state index contributed by atoms with van der Waals surface area (Å²) in [7, 11) is 1.26. The van der Waals surface area contributed by atoms with E-state index in [-0.39, 0.29) is 29.0 Å². The van der Waals surface area contributed by atoms with Crippen LogP contribution in [-0.2, 0) is 12.7 Å². The van der Waals surface area contributed by atoms with Gasteiger partial charge in [0.25, 0.3) is 0 Å². The number of nitrogens with zero attached hydrogens (tertiary/aromatic N) is 3. The maximum Gasteiger partial charge on any atom is 0.416 e. The van der Waals surface area contributed by atoms with Gasteiger partial charge in [-0.15, -0.1) is 0 Å². The van der Waals surface area contributed by atoms with Gasteiger partial charge in [0.2, 0.25) is 0 Å². The number of para-hydroxylation sites is 1. The van der Waals surface area contributed by atoms with Crippen LogP contribution in [0.15, 0.2) is 64.2 Å². The summed E-state index contributed by atoms with van der Waals surface area (Å²) in [6.45, 7) is 0.199. The van der Waals surface area contributed by atoms with Gasteiger partial charge in [-0.2, -0.15) is 18.2 Å². The number of hydrogen-bond donors (Lipinski definition) is 1. The normalized spacial score (nSPS) is 11.6. The lowest BCUT2D eigenvalue weighted by Gasteiger charge is -2.18. The molecule has 0 saturated heterocycles. The van der Waals surface area contributed by atoms with Crippen molar-refractivity contribution in [3.8, 4) is 11.4 Å². The number of ether oxygens (including phenoxy) is 1. The Balaban J connectivity index is 2.01. The van der Waals surface area contributed by atoms with Gasteiger partial charge >= 0.3 is 11.9 Å². The fraction of sp³-hybridized carbons (Fsp3) is 0.150. The molecule has 10 heteroatoms. The number of rotatable bonds is 5.